The maximum absolute atomic E-state index is 10.3. The van der Waals surface area contributed by atoms with E-state index in [4.69, 9.17) is 18.9 Å². The highest BCUT2D eigenvalue weighted by Crippen LogP contribution is 2.28. The van der Waals surface area contributed by atoms with Gasteiger partial charge in [0.2, 0.25) is 0 Å². The topological polar surface area (TPSA) is 202 Å². The van der Waals surface area contributed by atoms with Crippen molar-refractivity contribution >= 4 is 0 Å². The Kier molecular flexibility index (Phi) is 8.50. The van der Waals surface area contributed by atoms with Gasteiger partial charge in [-0.3, -0.25) is 0 Å². The number of benzene rings is 1. The Bertz CT molecular complexity index is 760. The van der Waals surface area contributed by atoms with Gasteiger partial charge in [0.05, 0.1) is 19.3 Å². The first-order valence-corrected chi connectivity index (χ1v) is 10.00. The second kappa shape index (κ2) is 10.9. The minimum atomic E-state index is -1.70. The highest BCUT2D eigenvalue weighted by Gasteiger charge is 2.48. The summed E-state index contributed by atoms with van der Waals surface area (Å²) in [6.45, 7) is -1.14. The van der Waals surface area contributed by atoms with Crippen LogP contribution in [0, 0.1) is 11.3 Å². The molecule has 2 aliphatic heterocycles. The zero-order chi connectivity index (χ0) is 23.4. The molecule has 2 saturated heterocycles. The quantitative estimate of drug-likeness (QED) is 0.218. The Morgan fingerprint density at radius 2 is 1.38 bits per heavy atom. The second-order valence-electron chi connectivity index (χ2n) is 7.60. The van der Waals surface area contributed by atoms with Crippen LogP contribution in [0.3, 0.4) is 0 Å². The first-order valence-electron chi connectivity index (χ1n) is 10.00. The molecule has 0 radical (unpaired) electrons. The van der Waals surface area contributed by atoms with Crippen LogP contribution in [-0.4, -0.2) is 110 Å². The van der Waals surface area contributed by atoms with Crippen molar-refractivity contribution < 1.29 is 54.7 Å². The fraction of sp³-hybridized carbons (Fsp3) is 0.650. The number of aliphatic hydroxyl groups excluding tert-OH is 7. The maximum atomic E-state index is 10.3. The number of hydrogen-bond acceptors (Lipinski definition) is 12. The smallest absolute Gasteiger partial charge is 0.188 e. The zero-order valence-electron chi connectivity index (χ0n) is 16.9. The molecule has 3 rings (SSSR count). The number of nitriles is 1. The van der Waals surface area contributed by atoms with E-state index in [0.717, 1.165) is 0 Å². The monoisotopic (exact) mass is 457 g/mol. The van der Waals surface area contributed by atoms with E-state index in [9.17, 15) is 41.0 Å². The summed E-state index contributed by atoms with van der Waals surface area (Å²) in [5.41, 5.74) is 0.487. The molecule has 0 spiro atoms. The van der Waals surface area contributed by atoms with E-state index in [1.165, 1.54) is 0 Å². The molecule has 12 heteroatoms. The molecule has 2 aliphatic rings. The molecule has 0 aromatic heterocycles. The minimum Gasteiger partial charge on any atom is -0.394 e. The summed E-state index contributed by atoms with van der Waals surface area (Å²) in [6.07, 6.45) is -16.5. The molecule has 0 amide bonds. The van der Waals surface area contributed by atoms with Crippen LogP contribution in [0.15, 0.2) is 30.3 Å². The fourth-order valence-electron chi connectivity index (χ4n) is 3.51. The Hall–Kier alpha value is -1.73. The van der Waals surface area contributed by atoms with Gasteiger partial charge in [0.25, 0.3) is 0 Å². The van der Waals surface area contributed by atoms with Crippen LogP contribution >= 0.6 is 0 Å². The lowest BCUT2D eigenvalue weighted by Crippen LogP contribution is -2.61. The predicted octanol–water partition coefficient (Wildman–Crippen LogP) is -3.11. The summed E-state index contributed by atoms with van der Waals surface area (Å²) in [7, 11) is 0. The lowest BCUT2D eigenvalue weighted by molar-refractivity contribution is -0.334. The molecule has 32 heavy (non-hydrogen) atoms. The Morgan fingerprint density at radius 3 is 1.97 bits per heavy atom. The van der Waals surface area contributed by atoms with Crippen molar-refractivity contribution in [1.29, 1.82) is 5.26 Å². The minimum absolute atomic E-state index is 0.487. The number of hydrogen-bond donors (Lipinski definition) is 7. The standard InChI is InChI=1S/C20H27NO11/c21-6-10(9-4-2-1-3-5-9)30-20-18(28)16(26)14(24)12(32-20)8-29-19-17(27)15(25)13(23)11(7-22)31-19/h1-5,10-20,22-28H,7-8H2/t10-,11-,12+,13+,14+,15+,16+,17+,18+,19+,20+/m0/s1. The van der Waals surface area contributed by atoms with E-state index in [2.05, 4.69) is 0 Å². The van der Waals surface area contributed by atoms with Gasteiger partial charge in [-0.15, -0.1) is 0 Å². The summed E-state index contributed by atoms with van der Waals surface area (Å²) < 4.78 is 21.6. The summed E-state index contributed by atoms with van der Waals surface area (Å²) in [5, 5.41) is 79.1. The van der Waals surface area contributed by atoms with Crippen LogP contribution in [0.1, 0.15) is 11.7 Å². The van der Waals surface area contributed by atoms with Gasteiger partial charge in [-0.1, -0.05) is 30.3 Å². The van der Waals surface area contributed by atoms with E-state index in [1.54, 1.807) is 30.3 Å². The molecular formula is C20H27NO11. The van der Waals surface area contributed by atoms with E-state index in [1.807, 2.05) is 6.07 Å². The molecule has 0 saturated carbocycles. The van der Waals surface area contributed by atoms with Crippen molar-refractivity contribution in [1.82, 2.24) is 0 Å². The Balaban J connectivity index is 1.65. The van der Waals surface area contributed by atoms with Gasteiger partial charge in [-0.25, -0.2) is 0 Å². The third-order valence-electron chi connectivity index (χ3n) is 5.43. The van der Waals surface area contributed by atoms with Crippen molar-refractivity contribution in [2.24, 2.45) is 0 Å². The van der Waals surface area contributed by atoms with Crippen LogP contribution in [-0.2, 0) is 18.9 Å². The summed E-state index contributed by atoms with van der Waals surface area (Å²) in [6, 6.07) is 10.3. The van der Waals surface area contributed by atoms with Gasteiger partial charge in [0.15, 0.2) is 18.7 Å². The molecule has 12 nitrogen and oxygen atoms in total. The van der Waals surface area contributed by atoms with Crippen molar-refractivity contribution in [2.75, 3.05) is 13.2 Å². The normalized spacial score (nSPS) is 41.1. The summed E-state index contributed by atoms with van der Waals surface area (Å²) in [5.74, 6) is 0. The molecule has 11 atom stereocenters. The molecule has 1 aromatic rings. The van der Waals surface area contributed by atoms with Crippen LogP contribution < -0.4 is 0 Å². The molecule has 1 aromatic carbocycles. The van der Waals surface area contributed by atoms with Crippen LogP contribution in [0.4, 0.5) is 0 Å². The van der Waals surface area contributed by atoms with Gasteiger partial charge >= 0.3 is 0 Å². The lowest BCUT2D eigenvalue weighted by Gasteiger charge is -2.43. The highest BCUT2D eigenvalue weighted by atomic mass is 16.7. The van der Waals surface area contributed by atoms with E-state index in [-0.39, 0.29) is 0 Å². The largest absolute Gasteiger partial charge is 0.394 e. The van der Waals surface area contributed by atoms with Crippen LogP contribution in [0.5, 0.6) is 0 Å². The van der Waals surface area contributed by atoms with E-state index < -0.39 is 80.7 Å². The molecule has 2 heterocycles. The van der Waals surface area contributed by atoms with Crippen molar-refractivity contribution in [2.45, 2.75) is 67.5 Å². The fourth-order valence-corrected chi connectivity index (χ4v) is 3.51. The van der Waals surface area contributed by atoms with Crippen LogP contribution in [0.2, 0.25) is 0 Å². The molecule has 7 N–H and O–H groups in total. The molecule has 0 bridgehead atoms. The highest BCUT2D eigenvalue weighted by molar-refractivity contribution is 5.22. The number of rotatable bonds is 7. The first kappa shape index (κ1) is 24.9. The van der Waals surface area contributed by atoms with Gasteiger partial charge < -0.3 is 54.7 Å². The third-order valence-corrected chi connectivity index (χ3v) is 5.43. The van der Waals surface area contributed by atoms with Gasteiger partial charge in [-0.2, -0.15) is 5.26 Å². The predicted molar refractivity (Wildman–Crippen MR) is 102 cm³/mol. The molecular weight excluding hydrogens is 430 g/mol. The average Bonchev–Trinajstić information content (AvgIpc) is 2.81. The van der Waals surface area contributed by atoms with Crippen molar-refractivity contribution in [3.8, 4) is 6.07 Å². The number of nitrogens with zero attached hydrogens (tertiary/aromatic N) is 1. The first-order chi connectivity index (χ1) is 15.3. The van der Waals surface area contributed by atoms with Crippen molar-refractivity contribution in [3.63, 3.8) is 0 Å². The third kappa shape index (κ3) is 5.25. The summed E-state index contributed by atoms with van der Waals surface area (Å²) >= 11 is 0. The van der Waals surface area contributed by atoms with Crippen LogP contribution in [0.25, 0.3) is 0 Å². The van der Waals surface area contributed by atoms with Gasteiger partial charge in [0.1, 0.15) is 48.8 Å². The Morgan fingerprint density at radius 1 is 0.812 bits per heavy atom. The number of aliphatic hydroxyl groups is 7. The number of ether oxygens (including phenoxy) is 4. The maximum Gasteiger partial charge on any atom is 0.188 e. The second-order valence-corrected chi connectivity index (χ2v) is 7.60. The Labute approximate surface area is 183 Å². The average molecular weight is 457 g/mol. The SMILES string of the molecule is N#C[C@H](O[C@@H]1O[C@H](CO[C@@H]2O[C@@H](CO)[C@@H](O)[C@@H](O)[C@H]2O)[C@@H](O)[C@@H](O)[C@H]1O)c1ccccc1. The summed E-state index contributed by atoms with van der Waals surface area (Å²) in [4.78, 5) is 0. The van der Waals surface area contributed by atoms with Gasteiger partial charge in [0, 0.05) is 0 Å². The molecule has 2 fully saturated rings. The van der Waals surface area contributed by atoms with Gasteiger partial charge in [-0.05, 0) is 5.56 Å². The molecule has 0 aliphatic carbocycles. The molecule has 0 unspecified atom stereocenters. The molecule has 178 valence electrons. The van der Waals surface area contributed by atoms with E-state index in [0.29, 0.717) is 5.56 Å². The van der Waals surface area contributed by atoms with E-state index >= 15 is 0 Å². The van der Waals surface area contributed by atoms with Crippen molar-refractivity contribution in [3.05, 3.63) is 35.9 Å². The zero-order valence-corrected chi connectivity index (χ0v) is 16.9. The lowest BCUT2D eigenvalue weighted by atomic mass is 9.98.